The Labute approximate surface area is 147 Å². The van der Waals surface area contributed by atoms with Gasteiger partial charge < -0.3 is 10.2 Å². The van der Waals surface area contributed by atoms with Gasteiger partial charge in [-0.2, -0.15) is 0 Å². The number of nitrogens with zero attached hydrogens (tertiary/aromatic N) is 3. The van der Waals surface area contributed by atoms with Crippen LogP contribution in [0.15, 0.2) is 54.6 Å². The standard InChI is InChI=1S/C20H21FN4/c1-4-25(16-9-7-8-14(2)12-16)20-13-19(22-15(3)23-20)24-18-11-6-5-10-17(18)21/h5-13H,4H2,1-3H3,(H,22,23,24). The third kappa shape index (κ3) is 3.94. The van der Waals surface area contributed by atoms with Crippen molar-refractivity contribution in [2.24, 2.45) is 0 Å². The molecular formula is C20H21FN4. The third-order valence-corrected chi connectivity index (χ3v) is 3.87. The van der Waals surface area contributed by atoms with E-state index in [0.717, 1.165) is 18.1 Å². The van der Waals surface area contributed by atoms with Gasteiger partial charge in [0.2, 0.25) is 0 Å². The van der Waals surface area contributed by atoms with Gasteiger partial charge in [0.15, 0.2) is 0 Å². The van der Waals surface area contributed by atoms with Crippen molar-refractivity contribution in [1.29, 1.82) is 0 Å². The number of nitrogens with one attached hydrogen (secondary N) is 1. The second kappa shape index (κ2) is 7.30. The fraction of sp³-hybridized carbons (Fsp3) is 0.200. The second-order valence-electron chi connectivity index (χ2n) is 5.85. The summed E-state index contributed by atoms with van der Waals surface area (Å²) < 4.78 is 13.9. The van der Waals surface area contributed by atoms with Crippen LogP contribution in [-0.2, 0) is 0 Å². The Morgan fingerprint density at radius 3 is 2.52 bits per heavy atom. The summed E-state index contributed by atoms with van der Waals surface area (Å²) in [4.78, 5) is 11.0. The number of hydrogen-bond acceptors (Lipinski definition) is 4. The predicted molar refractivity (Wildman–Crippen MR) is 100 cm³/mol. The molecule has 0 aliphatic carbocycles. The lowest BCUT2D eigenvalue weighted by Crippen LogP contribution is -2.18. The van der Waals surface area contributed by atoms with E-state index in [2.05, 4.69) is 52.2 Å². The Balaban J connectivity index is 1.96. The van der Waals surface area contributed by atoms with Gasteiger partial charge in [-0.15, -0.1) is 0 Å². The van der Waals surface area contributed by atoms with Gasteiger partial charge in [-0.25, -0.2) is 14.4 Å². The first-order chi connectivity index (χ1) is 12.1. The zero-order valence-electron chi connectivity index (χ0n) is 14.6. The molecule has 1 heterocycles. The van der Waals surface area contributed by atoms with E-state index in [1.54, 1.807) is 18.2 Å². The van der Waals surface area contributed by atoms with Gasteiger partial charge >= 0.3 is 0 Å². The lowest BCUT2D eigenvalue weighted by Gasteiger charge is -2.23. The molecule has 0 amide bonds. The summed E-state index contributed by atoms with van der Waals surface area (Å²) in [6.07, 6.45) is 0. The fourth-order valence-corrected chi connectivity index (χ4v) is 2.73. The number of hydrogen-bond donors (Lipinski definition) is 1. The van der Waals surface area contributed by atoms with E-state index in [9.17, 15) is 4.39 Å². The summed E-state index contributed by atoms with van der Waals surface area (Å²) in [5, 5.41) is 3.04. The van der Waals surface area contributed by atoms with E-state index >= 15 is 0 Å². The smallest absolute Gasteiger partial charge is 0.146 e. The topological polar surface area (TPSA) is 41.0 Å². The zero-order chi connectivity index (χ0) is 17.8. The Morgan fingerprint density at radius 1 is 1.00 bits per heavy atom. The molecule has 0 bridgehead atoms. The first-order valence-electron chi connectivity index (χ1n) is 8.28. The highest BCUT2D eigenvalue weighted by atomic mass is 19.1. The monoisotopic (exact) mass is 336 g/mol. The van der Waals surface area contributed by atoms with Crippen molar-refractivity contribution in [3.8, 4) is 0 Å². The van der Waals surface area contributed by atoms with Crippen molar-refractivity contribution in [2.75, 3.05) is 16.8 Å². The second-order valence-corrected chi connectivity index (χ2v) is 5.85. The van der Waals surface area contributed by atoms with Crippen molar-refractivity contribution < 1.29 is 4.39 Å². The number of aryl methyl sites for hydroxylation is 2. The Hall–Kier alpha value is -2.95. The molecule has 128 valence electrons. The van der Waals surface area contributed by atoms with Gasteiger partial charge in [-0.3, -0.25) is 0 Å². The van der Waals surface area contributed by atoms with Crippen molar-refractivity contribution in [1.82, 2.24) is 9.97 Å². The maximum Gasteiger partial charge on any atom is 0.146 e. The number of aromatic nitrogens is 2. The molecule has 0 aliphatic rings. The minimum absolute atomic E-state index is 0.314. The summed E-state index contributed by atoms with van der Waals surface area (Å²) in [7, 11) is 0. The van der Waals surface area contributed by atoms with Crippen LogP contribution in [-0.4, -0.2) is 16.5 Å². The van der Waals surface area contributed by atoms with Gasteiger partial charge in [0, 0.05) is 18.3 Å². The molecule has 4 nitrogen and oxygen atoms in total. The molecule has 0 saturated carbocycles. The zero-order valence-corrected chi connectivity index (χ0v) is 14.6. The largest absolute Gasteiger partial charge is 0.338 e. The highest BCUT2D eigenvalue weighted by molar-refractivity contribution is 5.65. The van der Waals surface area contributed by atoms with E-state index in [0.29, 0.717) is 17.3 Å². The molecule has 3 rings (SSSR count). The molecular weight excluding hydrogens is 315 g/mol. The lowest BCUT2D eigenvalue weighted by molar-refractivity contribution is 0.632. The molecule has 0 spiro atoms. The van der Waals surface area contributed by atoms with E-state index < -0.39 is 0 Å². The Morgan fingerprint density at radius 2 is 1.80 bits per heavy atom. The maximum absolute atomic E-state index is 13.9. The van der Waals surface area contributed by atoms with Crippen LogP contribution in [0.25, 0.3) is 0 Å². The van der Waals surface area contributed by atoms with Crippen molar-refractivity contribution in [2.45, 2.75) is 20.8 Å². The molecule has 3 aromatic rings. The van der Waals surface area contributed by atoms with E-state index in [1.165, 1.54) is 11.6 Å². The molecule has 2 aromatic carbocycles. The van der Waals surface area contributed by atoms with Crippen LogP contribution in [0.4, 0.5) is 27.4 Å². The van der Waals surface area contributed by atoms with Gasteiger partial charge in [-0.05, 0) is 50.6 Å². The minimum atomic E-state index is -0.314. The number of anilines is 4. The molecule has 0 unspecified atom stereocenters. The summed E-state index contributed by atoms with van der Waals surface area (Å²) in [6.45, 7) is 6.73. The van der Waals surface area contributed by atoms with Crippen LogP contribution >= 0.6 is 0 Å². The maximum atomic E-state index is 13.9. The molecule has 0 atom stereocenters. The summed E-state index contributed by atoms with van der Waals surface area (Å²) in [5.41, 5.74) is 2.65. The first kappa shape index (κ1) is 16.9. The van der Waals surface area contributed by atoms with Crippen molar-refractivity contribution in [3.05, 3.63) is 71.8 Å². The summed E-state index contributed by atoms with van der Waals surface area (Å²) in [6, 6.07) is 16.6. The molecule has 1 aromatic heterocycles. The van der Waals surface area contributed by atoms with Crippen LogP contribution in [0.2, 0.25) is 0 Å². The van der Waals surface area contributed by atoms with Crippen LogP contribution in [0.3, 0.4) is 0 Å². The number of rotatable bonds is 5. The Kier molecular flexibility index (Phi) is 4.93. The van der Waals surface area contributed by atoms with Crippen LogP contribution in [0.5, 0.6) is 0 Å². The van der Waals surface area contributed by atoms with E-state index in [4.69, 9.17) is 0 Å². The Bertz CT molecular complexity index is 879. The molecule has 0 fully saturated rings. The molecule has 0 radical (unpaired) electrons. The molecule has 5 heteroatoms. The van der Waals surface area contributed by atoms with Crippen LogP contribution in [0, 0.1) is 19.7 Å². The predicted octanol–water partition coefficient (Wildman–Crippen LogP) is 5.13. The van der Waals surface area contributed by atoms with Crippen molar-refractivity contribution >= 4 is 23.0 Å². The molecule has 0 aliphatic heterocycles. The molecule has 1 N–H and O–H groups in total. The van der Waals surface area contributed by atoms with Crippen LogP contribution < -0.4 is 10.2 Å². The average Bonchev–Trinajstić information content (AvgIpc) is 2.57. The molecule has 25 heavy (non-hydrogen) atoms. The summed E-state index contributed by atoms with van der Waals surface area (Å²) in [5.74, 6) is 1.66. The number of benzene rings is 2. The first-order valence-corrected chi connectivity index (χ1v) is 8.28. The highest BCUT2D eigenvalue weighted by Crippen LogP contribution is 2.27. The van der Waals surface area contributed by atoms with Crippen molar-refractivity contribution in [3.63, 3.8) is 0 Å². The average molecular weight is 336 g/mol. The van der Waals surface area contributed by atoms with Gasteiger partial charge in [0.05, 0.1) is 5.69 Å². The third-order valence-electron chi connectivity index (χ3n) is 3.87. The van der Waals surface area contributed by atoms with E-state index in [-0.39, 0.29) is 5.82 Å². The number of halogens is 1. The fourth-order valence-electron chi connectivity index (χ4n) is 2.73. The quantitative estimate of drug-likeness (QED) is 0.701. The van der Waals surface area contributed by atoms with Gasteiger partial charge in [-0.1, -0.05) is 24.3 Å². The van der Waals surface area contributed by atoms with Gasteiger partial charge in [0.1, 0.15) is 23.3 Å². The SMILES string of the molecule is CCN(c1cccc(C)c1)c1cc(Nc2ccccc2F)nc(C)n1. The lowest BCUT2D eigenvalue weighted by atomic mass is 10.2. The van der Waals surface area contributed by atoms with Gasteiger partial charge in [0.25, 0.3) is 0 Å². The normalized spacial score (nSPS) is 10.6. The highest BCUT2D eigenvalue weighted by Gasteiger charge is 2.12. The number of para-hydroxylation sites is 1. The van der Waals surface area contributed by atoms with E-state index in [1.807, 2.05) is 19.1 Å². The summed E-state index contributed by atoms with van der Waals surface area (Å²) >= 11 is 0. The molecule has 0 saturated heterocycles. The minimum Gasteiger partial charge on any atom is -0.338 e. The van der Waals surface area contributed by atoms with Crippen LogP contribution in [0.1, 0.15) is 18.3 Å².